The zero-order chi connectivity index (χ0) is 19.2. The molecule has 0 radical (unpaired) electrons. The topological polar surface area (TPSA) is 53.1 Å². The van der Waals surface area contributed by atoms with Crippen LogP contribution in [0.1, 0.15) is 26.7 Å². The monoisotopic (exact) mass is 383 g/mol. The van der Waals surface area contributed by atoms with Gasteiger partial charge in [-0.25, -0.2) is 8.42 Å². The first kappa shape index (κ1) is 21.2. The third-order valence-electron chi connectivity index (χ3n) is 4.89. The maximum absolute atomic E-state index is 13.2. The molecule has 1 aromatic rings. The summed E-state index contributed by atoms with van der Waals surface area (Å²) in [6.45, 7) is 8.40. The van der Waals surface area contributed by atoms with E-state index in [9.17, 15) is 8.42 Å². The van der Waals surface area contributed by atoms with E-state index in [1.165, 1.54) is 0 Å². The molecule has 1 fully saturated rings. The maximum atomic E-state index is 13.2. The number of hydrogen-bond acceptors (Lipinski definition) is 5. The molecule has 0 spiro atoms. The second kappa shape index (κ2) is 9.69. The number of ether oxygens (including phenoxy) is 1. The van der Waals surface area contributed by atoms with Gasteiger partial charge in [-0.15, -0.1) is 0 Å². The molecule has 0 amide bonds. The Morgan fingerprint density at radius 2 is 1.85 bits per heavy atom. The zero-order valence-electron chi connectivity index (χ0n) is 16.5. The Morgan fingerprint density at radius 3 is 2.42 bits per heavy atom. The predicted octanol–water partition coefficient (Wildman–Crippen LogP) is 2.12. The van der Waals surface area contributed by atoms with Crippen molar-refractivity contribution in [2.75, 3.05) is 53.4 Å². The molecule has 2 rings (SSSR count). The highest BCUT2D eigenvalue weighted by Crippen LogP contribution is 2.23. The van der Waals surface area contributed by atoms with Crippen molar-refractivity contribution in [3.8, 4) is 5.75 Å². The van der Waals surface area contributed by atoms with Gasteiger partial charge in [-0.2, -0.15) is 4.31 Å². The lowest BCUT2D eigenvalue weighted by Crippen LogP contribution is -2.45. The number of sulfonamides is 1. The third kappa shape index (κ3) is 5.42. The summed E-state index contributed by atoms with van der Waals surface area (Å²) in [5.41, 5.74) is 0. The van der Waals surface area contributed by atoms with E-state index in [1.54, 1.807) is 28.6 Å². The zero-order valence-corrected chi connectivity index (χ0v) is 17.3. The highest BCUT2D eigenvalue weighted by molar-refractivity contribution is 7.89. The van der Waals surface area contributed by atoms with Crippen molar-refractivity contribution in [3.63, 3.8) is 0 Å². The van der Waals surface area contributed by atoms with Gasteiger partial charge in [0.15, 0.2) is 0 Å². The van der Waals surface area contributed by atoms with Crippen molar-refractivity contribution in [2.24, 2.45) is 0 Å². The van der Waals surface area contributed by atoms with Crippen LogP contribution in [0.5, 0.6) is 5.75 Å². The van der Waals surface area contributed by atoms with Gasteiger partial charge in [0.1, 0.15) is 5.75 Å². The average molecular weight is 384 g/mol. The lowest BCUT2D eigenvalue weighted by Gasteiger charge is -2.30. The van der Waals surface area contributed by atoms with E-state index >= 15 is 0 Å². The molecule has 1 atom stereocenters. The molecule has 0 saturated carbocycles. The second-order valence-electron chi connectivity index (χ2n) is 7.00. The molecule has 1 heterocycles. The van der Waals surface area contributed by atoms with Gasteiger partial charge < -0.3 is 9.64 Å². The smallest absolute Gasteiger partial charge is 0.243 e. The molecule has 148 valence electrons. The van der Waals surface area contributed by atoms with Crippen LogP contribution in [0.3, 0.4) is 0 Å². The van der Waals surface area contributed by atoms with Gasteiger partial charge >= 0.3 is 0 Å². The number of hydrogen-bond donors (Lipinski definition) is 0. The Morgan fingerprint density at radius 1 is 1.15 bits per heavy atom. The van der Waals surface area contributed by atoms with Gasteiger partial charge in [0.2, 0.25) is 10.0 Å². The number of likely N-dealkylation sites (N-methyl/N-ethyl adjacent to an activating group) is 2. The summed E-state index contributed by atoms with van der Waals surface area (Å²) in [5.74, 6) is 0.694. The van der Waals surface area contributed by atoms with E-state index in [-0.39, 0.29) is 0 Å². The quantitative estimate of drug-likeness (QED) is 0.619. The highest BCUT2D eigenvalue weighted by atomic mass is 32.2. The molecule has 0 bridgehead atoms. The Balaban J connectivity index is 2.20. The minimum atomic E-state index is -3.52. The SMILES string of the molecule is CCOc1ccc(S(=O)(=O)N(CCN(C)C)C[C@H]2CCCN2CC)cc1. The maximum Gasteiger partial charge on any atom is 0.243 e. The molecule has 1 aromatic carbocycles. The minimum absolute atomic E-state index is 0.305. The molecule has 1 aliphatic heterocycles. The van der Waals surface area contributed by atoms with Crippen LogP contribution in [-0.4, -0.2) is 82.0 Å². The fraction of sp³-hybridized carbons (Fsp3) is 0.684. The van der Waals surface area contributed by atoms with Crippen molar-refractivity contribution in [2.45, 2.75) is 37.6 Å². The molecular formula is C19H33N3O3S. The van der Waals surface area contributed by atoms with Gasteiger partial charge in [-0.1, -0.05) is 6.92 Å². The number of rotatable bonds is 10. The van der Waals surface area contributed by atoms with Crippen LogP contribution >= 0.6 is 0 Å². The summed E-state index contributed by atoms with van der Waals surface area (Å²) in [4.78, 5) is 4.74. The van der Waals surface area contributed by atoms with Crippen LogP contribution < -0.4 is 4.74 Å². The van der Waals surface area contributed by atoms with Crippen LogP contribution in [0.25, 0.3) is 0 Å². The summed E-state index contributed by atoms with van der Waals surface area (Å²) in [5, 5.41) is 0. The molecule has 7 heteroatoms. The fourth-order valence-corrected chi connectivity index (χ4v) is 4.87. The van der Waals surface area contributed by atoms with Crippen LogP contribution in [0.2, 0.25) is 0 Å². The van der Waals surface area contributed by atoms with E-state index in [2.05, 4.69) is 11.8 Å². The molecule has 1 saturated heterocycles. The van der Waals surface area contributed by atoms with Gasteiger partial charge in [0.05, 0.1) is 11.5 Å². The molecule has 6 nitrogen and oxygen atoms in total. The average Bonchev–Trinajstić information content (AvgIpc) is 3.06. The lowest BCUT2D eigenvalue weighted by molar-refractivity contribution is 0.220. The summed E-state index contributed by atoms with van der Waals surface area (Å²) in [6, 6.07) is 7.06. The molecule has 0 unspecified atom stereocenters. The van der Waals surface area contributed by atoms with Crippen molar-refractivity contribution in [1.29, 1.82) is 0 Å². The number of nitrogens with zero attached hydrogens (tertiary/aromatic N) is 3. The first-order valence-electron chi connectivity index (χ1n) is 9.50. The molecule has 0 aliphatic carbocycles. The summed E-state index contributed by atoms with van der Waals surface area (Å²) < 4.78 is 33.6. The van der Waals surface area contributed by atoms with E-state index in [0.29, 0.717) is 42.9 Å². The van der Waals surface area contributed by atoms with E-state index < -0.39 is 10.0 Å². The normalized spacial score (nSPS) is 18.8. The minimum Gasteiger partial charge on any atom is -0.494 e. The van der Waals surface area contributed by atoms with E-state index in [1.807, 2.05) is 25.9 Å². The third-order valence-corrected chi connectivity index (χ3v) is 6.77. The van der Waals surface area contributed by atoms with E-state index in [0.717, 1.165) is 25.9 Å². The first-order chi connectivity index (χ1) is 12.4. The molecule has 0 aromatic heterocycles. The number of benzene rings is 1. The van der Waals surface area contributed by atoms with Crippen LogP contribution in [0.15, 0.2) is 29.2 Å². The highest BCUT2D eigenvalue weighted by Gasteiger charge is 2.31. The van der Waals surface area contributed by atoms with Crippen molar-refractivity contribution >= 4 is 10.0 Å². The second-order valence-corrected chi connectivity index (χ2v) is 8.93. The van der Waals surface area contributed by atoms with Crippen molar-refractivity contribution < 1.29 is 13.2 Å². The molecule has 0 N–H and O–H groups in total. The fourth-order valence-electron chi connectivity index (χ4n) is 3.40. The van der Waals surface area contributed by atoms with Gasteiger partial charge in [0, 0.05) is 25.7 Å². The Hall–Kier alpha value is -1.15. The largest absolute Gasteiger partial charge is 0.494 e. The van der Waals surface area contributed by atoms with Gasteiger partial charge in [0.25, 0.3) is 0 Å². The van der Waals surface area contributed by atoms with Crippen LogP contribution in [-0.2, 0) is 10.0 Å². The molecule has 26 heavy (non-hydrogen) atoms. The van der Waals surface area contributed by atoms with Crippen molar-refractivity contribution in [1.82, 2.24) is 14.1 Å². The van der Waals surface area contributed by atoms with Gasteiger partial charge in [-0.3, -0.25) is 4.90 Å². The van der Waals surface area contributed by atoms with E-state index in [4.69, 9.17) is 4.74 Å². The summed E-state index contributed by atoms with van der Waals surface area (Å²) in [7, 11) is 0.413. The Kier molecular flexibility index (Phi) is 7.88. The summed E-state index contributed by atoms with van der Waals surface area (Å²) in [6.07, 6.45) is 2.20. The Labute approximate surface area is 158 Å². The van der Waals surface area contributed by atoms with Crippen molar-refractivity contribution in [3.05, 3.63) is 24.3 Å². The predicted molar refractivity (Wildman–Crippen MR) is 105 cm³/mol. The number of likely N-dealkylation sites (tertiary alicyclic amines) is 1. The molecular weight excluding hydrogens is 350 g/mol. The van der Waals surface area contributed by atoms with Crippen LogP contribution in [0.4, 0.5) is 0 Å². The standard InChI is InChI=1S/C19H33N3O3S/c1-5-21-13-7-8-17(21)16-22(15-14-20(3)4)26(23,24)19-11-9-18(10-12-19)25-6-2/h9-12,17H,5-8,13-16H2,1-4H3/t17-/m1/s1. The lowest BCUT2D eigenvalue weighted by atomic mass is 10.2. The molecule has 1 aliphatic rings. The van der Waals surface area contributed by atoms with Crippen LogP contribution in [0, 0.1) is 0 Å². The summed E-state index contributed by atoms with van der Waals surface area (Å²) >= 11 is 0. The Bertz CT molecular complexity index is 646. The first-order valence-corrected chi connectivity index (χ1v) is 10.9. The van der Waals surface area contributed by atoms with Gasteiger partial charge in [-0.05, 0) is 71.2 Å².